The van der Waals surface area contributed by atoms with Crippen LogP contribution in [0.2, 0.25) is 5.02 Å². The smallest absolute Gasteiger partial charge is 0.335 e. The predicted octanol–water partition coefficient (Wildman–Crippen LogP) is 3.02. The van der Waals surface area contributed by atoms with Crippen molar-refractivity contribution in [1.82, 2.24) is 19.5 Å². The minimum atomic E-state index is -0.796. The standard InChI is InChI=1S/C23H21ClN6O3/c1-14-5-7-16(8-6-14)28-20(26-10-9-17-12-25-13-27-17)19-21(31)29-23(33)30(22(19)32)18-4-2-3-15(24)11-18/h2-8,11-13,32H,9-10H2,1H3,(H,25,27)(H,26,28)(H,29,31,33). The molecule has 0 fully saturated rings. The summed E-state index contributed by atoms with van der Waals surface area (Å²) in [4.78, 5) is 39.1. The van der Waals surface area contributed by atoms with Crippen LogP contribution in [0.1, 0.15) is 16.8 Å². The predicted molar refractivity (Wildman–Crippen MR) is 128 cm³/mol. The molecule has 9 nitrogen and oxygen atoms in total. The van der Waals surface area contributed by atoms with E-state index in [-0.39, 0.29) is 11.4 Å². The average Bonchev–Trinajstić information content (AvgIpc) is 3.28. The van der Waals surface area contributed by atoms with E-state index in [2.05, 4.69) is 25.3 Å². The summed E-state index contributed by atoms with van der Waals surface area (Å²) in [6.07, 6.45) is 3.79. The number of hydrogen-bond acceptors (Lipinski definition) is 5. The van der Waals surface area contributed by atoms with Crippen LogP contribution in [0.25, 0.3) is 5.69 Å². The van der Waals surface area contributed by atoms with Gasteiger partial charge in [-0.15, -0.1) is 0 Å². The van der Waals surface area contributed by atoms with Gasteiger partial charge in [-0.2, -0.15) is 0 Å². The third kappa shape index (κ3) is 5.04. The lowest BCUT2D eigenvalue weighted by Crippen LogP contribution is -2.35. The number of nitrogens with one attached hydrogen (secondary N) is 3. The molecule has 168 valence electrons. The molecule has 0 saturated carbocycles. The maximum absolute atomic E-state index is 12.8. The van der Waals surface area contributed by atoms with Crippen LogP contribution in [0.15, 0.2) is 75.6 Å². The number of aryl methyl sites for hydroxylation is 1. The molecule has 0 atom stereocenters. The van der Waals surface area contributed by atoms with E-state index < -0.39 is 17.1 Å². The summed E-state index contributed by atoms with van der Waals surface area (Å²) in [6.45, 7) is 2.26. The largest absolute Gasteiger partial charge is 0.493 e. The first-order valence-electron chi connectivity index (χ1n) is 10.1. The fourth-order valence-corrected chi connectivity index (χ4v) is 3.44. The Morgan fingerprint density at radius 3 is 2.70 bits per heavy atom. The second-order valence-corrected chi connectivity index (χ2v) is 7.76. The van der Waals surface area contributed by atoms with Crippen molar-refractivity contribution >= 4 is 23.1 Å². The van der Waals surface area contributed by atoms with Gasteiger partial charge in [-0.05, 0) is 37.3 Å². The van der Waals surface area contributed by atoms with E-state index in [1.165, 1.54) is 6.07 Å². The maximum Gasteiger partial charge on any atom is 0.335 e. The van der Waals surface area contributed by atoms with Crippen LogP contribution in [-0.4, -0.2) is 37.0 Å². The highest BCUT2D eigenvalue weighted by molar-refractivity contribution is 6.30. The maximum atomic E-state index is 12.8. The Kier molecular flexibility index (Phi) is 6.41. The quantitative estimate of drug-likeness (QED) is 0.257. The summed E-state index contributed by atoms with van der Waals surface area (Å²) >= 11 is 6.06. The van der Waals surface area contributed by atoms with Crippen molar-refractivity contribution in [2.75, 3.05) is 11.9 Å². The highest BCUT2D eigenvalue weighted by atomic mass is 35.5. The topological polar surface area (TPSA) is 128 Å². The Hall–Kier alpha value is -4.11. The van der Waals surface area contributed by atoms with Gasteiger partial charge in [0, 0.05) is 35.6 Å². The minimum Gasteiger partial charge on any atom is -0.493 e. The fourth-order valence-electron chi connectivity index (χ4n) is 3.26. The molecule has 0 spiro atoms. The molecule has 2 heterocycles. The fraction of sp³-hybridized carbons (Fsp3) is 0.130. The Morgan fingerprint density at radius 2 is 2.00 bits per heavy atom. The molecule has 2 aromatic heterocycles. The van der Waals surface area contributed by atoms with Gasteiger partial charge in [0.1, 0.15) is 11.4 Å². The first-order chi connectivity index (χ1) is 15.9. The zero-order valence-electron chi connectivity index (χ0n) is 17.7. The van der Waals surface area contributed by atoms with Gasteiger partial charge in [0.25, 0.3) is 5.56 Å². The van der Waals surface area contributed by atoms with Crippen LogP contribution in [0.4, 0.5) is 5.69 Å². The van der Waals surface area contributed by atoms with E-state index in [1.807, 2.05) is 31.2 Å². The molecule has 4 N–H and O–H groups in total. The number of nitrogens with zero attached hydrogens (tertiary/aromatic N) is 3. The number of aliphatic imine (C=N–C) groups is 1. The number of anilines is 1. The third-order valence-corrected chi connectivity index (χ3v) is 5.14. The van der Waals surface area contributed by atoms with Crippen LogP contribution in [0.3, 0.4) is 0 Å². The summed E-state index contributed by atoms with van der Waals surface area (Å²) in [5, 5.41) is 14.5. The molecule has 0 bridgehead atoms. The molecule has 4 aromatic rings. The lowest BCUT2D eigenvalue weighted by atomic mass is 10.2. The number of imidazole rings is 1. The summed E-state index contributed by atoms with van der Waals surface area (Å²) in [5.41, 5.74) is 1.17. The van der Waals surface area contributed by atoms with Crippen molar-refractivity contribution in [1.29, 1.82) is 0 Å². The molecule has 0 aliphatic heterocycles. The van der Waals surface area contributed by atoms with Crippen LogP contribution in [-0.2, 0) is 6.42 Å². The summed E-state index contributed by atoms with van der Waals surface area (Å²) in [6, 6.07) is 13.9. The number of aromatic hydroxyl groups is 1. The lowest BCUT2D eigenvalue weighted by Gasteiger charge is -2.15. The number of aromatic nitrogens is 4. The zero-order chi connectivity index (χ0) is 23.4. The van der Waals surface area contributed by atoms with Gasteiger partial charge in [-0.25, -0.2) is 14.3 Å². The Morgan fingerprint density at radius 1 is 1.21 bits per heavy atom. The Balaban J connectivity index is 1.81. The average molecular weight is 465 g/mol. The highest BCUT2D eigenvalue weighted by Gasteiger charge is 2.21. The molecule has 2 aromatic carbocycles. The van der Waals surface area contributed by atoms with Gasteiger partial charge in [-0.3, -0.25) is 14.8 Å². The molecular formula is C23H21ClN6O3. The number of benzene rings is 2. The van der Waals surface area contributed by atoms with Crippen molar-refractivity contribution in [3.05, 3.63) is 104 Å². The molecule has 10 heteroatoms. The monoisotopic (exact) mass is 464 g/mol. The van der Waals surface area contributed by atoms with Gasteiger partial charge < -0.3 is 15.4 Å². The molecule has 0 aliphatic carbocycles. The third-order valence-electron chi connectivity index (χ3n) is 4.91. The van der Waals surface area contributed by atoms with Crippen LogP contribution in [0, 0.1) is 6.92 Å². The van der Waals surface area contributed by atoms with Gasteiger partial charge in [0.05, 0.1) is 12.0 Å². The molecule has 0 unspecified atom stereocenters. The van der Waals surface area contributed by atoms with Gasteiger partial charge in [0.15, 0.2) is 0 Å². The number of aromatic amines is 2. The number of hydrogen-bond donors (Lipinski definition) is 4. The molecule has 4 rings (SSSR count). The van der Waals surface area contributed by atoms with Gasteiger partial charge >= 0.3 is 5.69 Å². The van der Waals surface area contributed by atoms with E-state index in [9.17, 15) is 14.7 Å². The molecule has 0 aliphatic rings. The van der Waals surface area contributed by atoms with Crippen molar-refractivity contribution in [2.24, 2.45) is 4.99 Å². The number of H-pyrrole nitrogens is 2. The van der Waals surface area contributed by atoms with Gasteiger partial charge in [0.2, 0.25) is 5.88 Å². The highest BCUT2D eigenvalue weighted by Crippen LogP contribution is 2.21. The van der Waals surface area contributed by atoms with E-state index in [1.54, 1.807) is 30.7 Å². The molecule has 0 saturated heterocycles. The summed E-state index contributed by atoms with van der Waals surface area (Å²) < 4.78 is 0.976. The van der Waals surface area contributed by atoms with Crippen molar-refractivity contribution in [2.45, 2.75) is 13.3 Å². The Labute approximate surface area is 193 Å². The van der Waals surface area contributed by atoms with Crippen LogP contribution in [0.5, 0.6) is 5.88 Å². The van der Waals surface area contributed by atoms with E-state index in [0.717, 1.165) is 15.8 Å². The second-order valence-electron chi connectivity index (χ2n) is 7.32. The second kappa shape index (κ2) is 9.58. The molecule has 0 amide bonds. The van der Waals surface area contributed by atoms with Crippen molar-refractivity contribution < 1.29 is 5.11 Å². The SMILES string of the molecule is Cc1ccc(NC(=NCCc2cnc[nH]2)c2c(O)n(-c3cccc(Cl)c3)c(=O)[nH]c2=O)cc1. The molecular weight excluding hydrogens is 444 g/mol. The van der Waals surface area contributed by atoms with Crippen LogP contribution >= 0.6 is 11.6 Å². The summed E-state index contributed by atoms with van der Waals surface area (Å²) in [7, 11) is 0. The molecule has 33 heavy (non-hydrogen) atoms. The number of amidine groups is 1. The molecule has 0 radical (unpaired) electrons. The van der Waals surface area contributed by atoms with Crippen LogP contribution < -0.4 is 16.6 Å². The zero-order valence-corrected chi connectivity index (χ0v) is 18.4. The normalized spacial score (nSPS) is 11.5. The number of halogens is 1. The lowest BCUT2D eigenvalue weighted by molar-refractivity contribution is 0.430. The van der Waals surface area contributed by atoms with E-state index in [0.29, 0.717) is 29.4 Å². The first kappa shape index (κ1) is 22.1. The minimum absolute atomic E-state index is 0.118. The van der Waals surface area contributed by atoms with Gasteiger partial charge in [-0.1, -0.05) is 35.4 Å². The number of rotatable bonds is 6. The van der Waals surface area contributed by atoms with Crippen molar-refractivity contribution in [3.63, 3.8) is 0 Å². The van der Waals surface area contributed by atoms with Crippen molar-refractivity contribution in [3.8, 4) is 11.6 Å². The first-order valence-corrected chi connectivity index (χ1v) is 10.5. The van der Waals surface area contributed by atoms with E-state index >= 15 is 0 Å². The summed E-state index contributed by atoms with van der Waals surface area (Å²) in [5.74, 6) is -0.432. The van der Waals surface area contributed by atoms with E-state index in [4.69, 9.17) is 11.6 Å². The Bertz CT molecular complexity index is 1410.